The topological polar surface area (TPSA) is 0 Å². The third-order valence-electron chi connectivity index (χ3n) is 4.62. The highest BCUT2D eigenvalue weighted by Crippen LogP contribution is 2.71. The van der Waals surface area contributed by atoms with Gasteiger partial charge < -0.3 is 0 Å². The van der Waals surface area contributed by atoms with E-state index in [0.29, 0.717) is 0 Å². The predicted molar refractivity (Wildman–Crippen MR) is 48.3 cm³/mol. The summed E-state index contributed by atoms with van der Waals surface area (Å²) in [5.41, 5.74) is 0.758. The van der Waals surface area contributed by atoms with Crippen LogP contribution in [0, 0.1) is 29.1 Å². The van der Waals surface area contributed by atoms with E-state index in [-0.39, 0.29) is 0 Å². The highest BCUT2D eigenvalue weighted by atomic mass is 14.7. The second-order valence-corrected chi connectivity index (χ2v) is 4.99. The van der Waals surface area contributed by atoms with E-state index in [4.69, 9.17) is 0 Å². The Morgan fingerprint density at radius 3 is 2.18 bits per heavy atom. The van der Waals surface area contributed by atoms with E-state index < -0.39 is 0 Å². The second-order valence-electron chi connectivity index (χ2n) is 4.99. The molecular weight excluding hydrogens is 132 g/mol. The number of rotatable bonds is 2. The molecule has 0 aromatic rings. The van der Waals surface area contributed by atoms with Gasteiger partial charge in [0, 0.05) is 0 Å². The lowest BCUT2D eigenvalue weighted by atomic mass is 9.96. The molecule has 0 bridgehead atoms. The Balaban J connectivity index is 2.03. The first-order valence-corrected chi connectivity index (χ1v) is 5.12. The van der Waals surface area contributed by atoms with Gasteiger partial charge in [0.2, 0.25) is 0 Å². The molecular formula is C11H20. The van der Waals surface area contributed by atoms with Gasteiger partial charge in [0.25, 0.3) is 0 Å². The molecule has 0 aliphatic heterocycles. The molecule has 0 aromatic heterocycles. The fourth-order valence-electron chi connectivity index (χ4n) is 3.46. The Morgan fingerprint density at radius 1 is 1.36 bits per heavy atom. The molecule has 11 heavy (non-hydrogen) atoms. The van der Waals surface area contributed by atoms with Gasteiger partial charge >= 0.3 is 0 Å². The van der Waals surface area contributed by atoms with Crippen LogP contribution in [0.25, 0.3) is 0 Å². The Labute approximate surface area is 70.4 Å². The van der Waals surface area contributed by atoms with Gasteiger partial charge in [-0.2, -0.15) is 0 Å². The molecule has 5 unspecified atom stereocenters. The van der Waals surface area contributed by atoms with E-state index in [0.717, 1.165) is 29.1 Å². The third-order valence-corrected chi connectivity index (χ3v) is 4.62. The van der Waals surface area contributed by atoms with Crippen LogP contribution in [0.4, 0.5) is 0 Å². The summed E-state index contributed by atoms with van der Waals surface area (Å²) < 4.78 is 0. The summed E-state index contributed by atoms with van der Waals surface area (Å²) in [5, 5.41) is 0. The average molecular weight is 152 g/mol. The minimum atomic E-state index is 0.758. The monoisotopic (exact) mass is 152 g/mol. The number of hydrogen-bond donors (Lipinski definition) is 0. The molecule has 0 heterocycles. The molecule has 0 radical (unpaired) electrons. The number of hydrogen-bond acceptors (Lipinski definition) is 0. The Kier molecular flexibility index (Phi) is 1.41. The quantitative estimate of drug-likeness (QED) is 0.569. The first-order valence-electron chi connectivity index (χ1n) is 5.12. The third kappa shape index (κ3) is 0.816. The molecule has 2 saturated carbocycles. The van der Waals surface area contributed by atoms with Crippen molar-refractivity contribution < 1.29 is 0 Å². The summed E-state index contributed by atoms with van der Waals surface area (Å²) in [6, 6.07) is 0. The molecule has 0 N–H and O–H groups in total. The molecule has 0 amide bonds. The predicted octanol–water partition coefficient (Wildman–Crippen LogP) is 3.32. The normalized spacial score (nSPS) is 61.1. The van der Waals surface area contributed by atoms with Gasteiger partial charge in [0.1, 0.15) is 0 Å². The first-order chi connectivity index (χ1) is 5.12. The van der Waals surface area contributed by atoms with E-state index >= 15 is 0 Å². The van der Waals surface area contributed by atoms with Crippen LogP contribution in [-0.2, 0) is 0 Å². The van der Waals surface area contributed by atoms with Crippen molar-refractivity contribution in [2.24, 2.45) is 29.1 Å². The summed E-state index contributed by atoms with van der Waals surface area (Å²) >= 11 is 0. The zero-order valence-corrected chi connectivity index (χ0v) is 8.22. The standard InChI is InChI=1S/C11H20/c1-5-9-8(3)11(9,4)10-6-7(10)2/h7-10H,5-6H2,1-4H3. The van der Waals surface area contributed by atoms with E-state index in [2.05, 4.69) is 27.7 Å². The minimum Gasteiger partial charge on any atom is -0.0651 e. The maximum atomic E-state index is 2.51. The molecule has 0 aromatic carbocycles. The van der Waals surface area contributed by atoms with E-state index in [1.54, 1.807) is 0 Å². The summed E-state index contributed by atoms with van der Waals surface area (Å²) in [6.45, 7) is 9.71. The van der Waals surface area contributed by atoms with Crippen LogP contribution in [0.1, 0.15) is 40.5 Å². The van der Waals surface area contributed by atoms with Gasteiger partial charge in [-0.15, -0.1) is 0 Å². The summed E-state index contributed by atoms with van der Waals surface area (Å²) in [4.78, 5) is 0. The molecule has 0 heteroatoms. The van der Waals surface area contributed by atoms with Crippen LogP contribution >= 0.6 is 0 Å². The van der Waals surface area contributed by atoms with Gasteiger partial charge in [-0.3, -0.25) is 0 Å². The minimum absolute atomic E-state index is 0.758. The van der Waals surface area contributed by atoms with Crippen molar-refractivity contribution in [2.45, 2.75) is 40.5 Å². The largest absolute Gasteiger partial charge is 0.0651 e. The molecule has 5 atom stereocenters. The molecule has 0 spiro atoms. The molecule has 0 nitrogen and oxygen atoms in total. The van der Waals surface area contributed by atoms with Gasteiger partial charge in [0.05, 0.1) is 0 Å². The molecule has 64 valence electrons. The van der Waals surface area contributed by atoms with Crippen molar-refractivity contribution >= 4 is 0 Å². The van der Waals surface area contributed by atoms with Gasteiger partial charge in [0.15, 0.2) is 0 Å². The molecule has 2 aliphatic rings. The van der Waals surface area contributed by atoms with Crippen molar-refractivity contribution in [1.29, 1.82) is 0 Å². The highest BCUT2D eigenvalue weighted by Gasteiger charge is 2.65. The fraction of sp³-hybridized carbons (Fsp3) is 1.00. The van der Waals surface area contributed by atoms with Crippen molar-refractivity contribution in [3.05, 3.63) is 0 Å². The molecule has 2 rings (SSSR count). The second kappa shape index (κ2) is 2.02. The maximum Gasteiger partial charge on any atom is -0.0235 e. The van der Waals surface area contributed by atoms with Crippen LogP contribution in [0.3, 0.4) is 0 Å². The smallest absolute Gasteiger partial charge is 0.0235 e. The van der Waals surface area contributed by atoms with E-state index in [1.165, 1.54) is 12.8 Å². The Hall–Kier alpha value is 0. The van der Waals surface area contributed by atoms with Gasteiger partial charge in [-0.05, 0) is 35.5 Å². The van der Waals surface area contributed by atoms with Gasteiger partial charge in [-0.25, -0.2) is 0 Å². The lowest BCUT2D eigenvalue weighted by Gasteiger charge is -2.08. The van der Waals surface area contributed by atoms with E-state index in [1.807, 2.05) is 0 Å². The average Bonchev–Trinajstić information content (AvgIpc) is 2.78. The van der Waals surface area contributed by atoms with Gasteiger partial charge in [-0.1, -0.05) is 34.1 Å². The summed E-state index contributed by atoms with van der Waals surface area (Å²) in [6.07, 6.45) is 2.91. The molecule has 2 fully saturated rings. The van der Waals surface area contributed by atoms with Crippen LogP contribution in [0.15, 0.2) is 0 Å². The molecule has 0 saturated heterocycles. The lowest BCUT2D eigenvalue weighted by molar-refractivity contribution is 0.394. The summed E-state index contributed by atoms with van der Waals surface area (Å²) in [5.74, 6) is 4.20. The zero-order valence-electron chi connectivity index (χ0n) is 8.22. The van der Waals surface area contributed by atoms with Crippen LogP contribution in [-0.4, -0.2) is 0 Å². The summed E-state index contributed by atoms with van der Waals surface area (Å²) in [7, 11) is 0. The Bertz CT molecular complexity index is 167. The van der Waals surface area contributed by atoms with Crippen molar-refractivity contribution in [2.75, 3.05) is 0 Å². The van der Waals surface area contributed by atoms with Crippen LogP contribution in [0.5, 0.6) is 0 Å². The maximum absolute atomic E-state index is 2.51. The highest BCUT2D eigenvalue weighted by molar-refractivity contribution is 5.13. The van der Waals surface area contributed by atoms with Crippen molar-refractivity contribution in [3.8, 4) is 0 Å². The first kappa shape index (κ1) is 7.64. The van der Waals surface area contributed by atoms with Crippen LogP contribution in [0.2, 0.25) is 0 Å². The van der Waals surface area contributed by atoms with Crippen molar-refractivity contribution in [3.63, 3.8) is 0 Å². The lowest BCUT2D eigenvalue weighted by Crippen LogP contribution is -2.03. The van der Waals surface area contributed by atoms with Crippen molar-refractivity contribution in [1.82, 2.24) is 0 Å². The molecule has 2 aliphatic carbocycles. The fourth-order valence-corrected chi connectivity index (χ4v) is 3.46. The van der Waals surface area contributed by atoms with E-state index in [9.17, 15) is 0 Å². The zero-order chi connectivity index (χ0) is 8.22. The van der Waals surface area contributed by atoms with Crippen LogP contribution < -0.4 is 0 Å². The Morgan fingerprint density at radius 2 is 1.91 bits per heavy atom. The SMILES string of the molecule is CCC1C(C)C1(C)C1CC1C.